The minimum atomic E-state index is -0.509. The molecule has 0 unspecified atom stereocenters. The molecule has 1 aliphatic heterocycles. The average Bonchev–Trinajstić information content (AvgIpc) is 2.17. The van der Waals surface area contributed by atoms with Gasteiger partial charge in [0.05, 0.1) is 0 Å². The number of piperidine rings is 1. The molecule has 0 radical (unpaired) electrons. The van der Waals surface area contributed by atoms with Crippen molar-refractivity contribution >= 4 is 33.6 Å². The van der Waals surface area contributed by atoms with E-state index in [2.05, 4.69) is 11.7 Å². The van der Waals surface area contributed by atoms with Gasteiger partial charge >= 0.3 is 29.6 Å². The number of carbonyl (C=O) groups excluding carboxylic acids is 1. The van der Waals surface area contributed by atoms with Gasteiger partial charge in [-0.05, 0) is 24.7 Å². The molecule has 0 aromatic carbocycles. The summed E-state index contributed by atoms with van der Waals surface area (Å²) in [4.78, 5) is 12.8. The summed E-state index contributed by atoms with van der Waals surface area (Å²) in [6.45, 7) is 1.14. The molecular formula is C7H11N2NaO2S2. The molecule has 0 aromatic rings. The van der Waals surface area contributed by atoms with Crippen LogP contribution in [0.15, 0.2) is 0 Å². The summed E-state index contributed by atoms with van der Waals surface area (Å²) in [6.07, 6.45) is 1.23. The van der Waals surface area contributed by atoms with Crippen LogP contribution in [0.2, 0.25) is 0 Å². The maximum atomic E-state index is 11.1. The molecule has 1 amide bonds. The first-order valence-corrected chi connectivity index (χ1v) is 5.88. The number of carbonyl (C=O) groups is 1. The Hall–Kier alpha value is 0.640. The predicted molar refractivity (Wildman–Crippen MR) is 54.0 cm³/mol. The van der Waals surface area contributed by atoms with Gasteiger partial charge in [0.25, 0.3) is 5.24 Å². The topological polar surface area (TPSA) is 67.2 Å². The fourth-order valence-electron chi connectivity index (χ4n) is 1.38. The molecular weight excluding hydrogens is 231 g/mol. The van der Waals surface area contributed by atoms with Crippen molar-refractivity contribution in [2.24, 2.45) is 5.92 Å². The van der Waals surface area contributed by atoms with Crippen molar-refractivity contribution in [1.82, 2.24) is 4.90 Å². The third-order valence-corrected chi connectivity index (χ3v) is 3.08. The second kappa shape index (κ2) is 7.00. The van der Waals surface area contributed by atoms with Gasteiger partial charge < -0.3 is 15.4 Å². The molecule has 4 nitrogen and oxygen atoms in total. The Labute approximate surface area is 114 Å². The third-order valence-electron chi connectivity index (χ3n) is 2.20. The first kappa shape index (κ1) is 14.6. The number of nitrogens with one attached hydrogen (secondary N) is 1. The zero-order valence-electron chi connectivity index (χ0n) is 8.02. The third kappa shape index (κ3) is 4.02. The van der Waals surface area contributed by atoms with E-state index in [9.17, 15) is 9.90 Å². The van der Waals surface area contributed by atoms with E-state index in [0.29, 0.717) is 25.9 Å². The summed E-state index contributed by atoms with van der Waals surface area (Å²) in [5.41, 5.74) is 0. The smallest absolute Gasteiger partial charge is 0.862 e. The van der Waals surface area contributed by atoms with E-state index in [-0.39, 0.29) is 40.7 Å². The van der Waals surface area contributed by atoms with Gasteiger partial charge in [0.15, 0.2) is 0 Å². The van der Waals surface area contributed by atoms with E-state index in [1.54, 1.807) is 4.90 Å². The van der Waals surface area contributed by atoms with Crippen LogP contribution in [0.3, 0.4) is 0 Å². The van der Waals surface area contributed by atoms with Crippen LogP contribution >= 0.6 is 22.5 Å². The second-order valence-electron chi connectivity index (χ2n) is 2.98. The Kier molecular flexibility index (Phi) is 7.32. The fourth-order valence-corrected chi connectivity index (χ4v) is 2.03. The summed E-state index contributed by atoms with van der Waals surface area (Å²) >= 11 is 3.81. The summed E-state index contributed by atoms with van der Waals surface area (Å²) in [5, 5.41) is 17.5. The van der Waals surface area contributed by atoms with Crippen LogP contribution in [-0.2, 0) is 0 Å². The van der Waals surface area contributed by atoms with Crippen LogP contribution in [-0.4, -0.2) is 29.1 Å². The zero-order chi connectivity index (χ0) is 9.84. The summed E-state index contributed by atoms with van der Waals surface area (Å²) in [7, 11) is 0.891. The van der Waals surface area contributed by atoms with E-state index in [0.717, 1.165) is 10.8 Å². The SMILES string of the molecule is N=C([O-])C1CCN(C(=O)SS)CC1.[Na+]. The number of thiol groups is 1. The number of likely N-dealkylation sites (tertiary alicyclic amines) is 1. The quantitative estimate of drug-likeness (QED) is 0.179. The number of hydrogen-bond donors (Lipinski definition) is 2. The molecule has 1 heterocycles. The molecule has 0 saturated carbocycles. The van der Waals surface area contributed by atoms with Crippen molar-refractivity contribution in [3.8, 4) is 0 Å². The number of rotatable bonds is 1. The molecule has 1 fully saturated rings. The Morgan fingerprint density at radius 2 is 2.00 bits per heavy atom. The number of hydrogen-bond acceptors (Lipinski definition) is 5. The van der Waals surface area contributed by atoms with Crippen molar-refractivity contribution < 1.29 is 39.5 Å². The molecule has 0 spiro atoms. The fraction of sp³-hybridized carbons (Fsp3) is 0.714. The van der Waals surface area contributed by atoms with E-state index in [4.69, 9.17) is 5.41 Å². The van der Waals surface area contributed by atoms with Crippen LogP contribution in [0.5, 0.6) is 0 Å². The monoisotopic (exact) mass is 242 g/mol. The van der Waals surface area contributed by atoms with Crippen LogP contribution in [0.1, 0.15) is 12.8 Å². The van der Waals surface area contributed by atoms with Gasteiger partial charge in [0, 0.05) is 23.9 Å². The van der Waals surface area contributed by atoms with Crippen molar-refractivity contribution in [1.29, 1.82) is 5.41 Å². The molecule has 1 saturated heterocycles. The number of nitrogens with zero attached hydrogens (tertiary/aromatic N) is 1. The maximum absolute atomic E-state index is 11.1. The minimum absolute atomic E-state index is 0. The molecule has 0 aromatic heterocycles. The largest absolute Gasteiger partial charge is 1.00 e. The van der Waals surface area contributed by atoms with Crippen LogP contribution in [0.25, 0.3) is 0 Å². The van der Waals surface area contributed by atoms with Crippen molar-refractivity contribution in [3.63, 3.8) is 0 Å². The first-order chi connectivity index (χ1) is 6.15. The van der Waals surface area contributed by atoms with E-state index in [1.807, 2.05) is 0 Å². The predicted octanol–water partition coefficient (Wildman–Crippen LogP) is -2.26. The van der Waals surface area contributed by atoms with Crippen molar-refractivity contribution in [3.05, 3.63) is 0 Å². The molecule has 0 bridgehead atoms. The van der Waals surface area contributed by atoms with Gasteiger partial charge in [-0.25, -0.2) is 0 Å². The Balaban J connectivity index is 0.00000169. The molecule has 1 N–H and O–H groups in total. The normalized spacial score (nSPS) is 17.4. The van der Waals surface area contributed by atoms with E-state index < -0.39 is 5.90 Å². The van der Waals surface area contributed by atoms with Crippen molar-refractivity contribution in [2.75, 3.05) is 13.1 Å². The molecule has 74 valence electrons. The van der Waals surface area contributed by atoms with E-state index >= 15 is 0 Å². The standard InChI is InChI=1S/C7H12N2O2S2.Na/c8-6(10)5-1-3-9(4-2-5)7(11)13-12;/h5,12H,1-4H2,(H2,8,10);/q;+1/p-1. The van der Waals surface area contributed by atoms with Crippen LogP contribution in [0, 0.1) is 11.3 Å². The van der Waals surface area contributed by atoms with Gasteiger partial charge in [-0.15, -0.1) is 11.7 Å². The molecule has 0 aliphatic carbocycles. The summed E-state index contributed by atoms with van der Waals surface area (Å²) in [6, 6.07) is 0. The Bertz CT molecular complexity index is 220. The van der Waals surface area contributed by atoms with Gasteiger partial charge in [-0.2, -0.15) is 0 Å². The molecule has 14 heavy (non-hydrogen) atoms. The zero-order valence-corrected chi connectivity index (χ0v) is 11.7. The van der Waals surface area contributed by atoms with Gasteiger partial charge in [-0.3, -0.25) is 4.79 Å². The van der Waals surface area contributed by atoms with E-state index in [1.165, 1.54) is 0 Å². The molecule has 1 aliphatic rings. The van der Waals surface area contributed by atoms with Crippen molar-refractivity contribution in [2.45, 2.75) is 12.8 Å². The summed E-state index contributed by atoms with van der Waals surface area (Å²) in [5.74, 6) is -0.681. The van der Waals surface area contributed by atoms with Gasteiger partial charge in [0.2, 0.25) is 0 Å². The van der Waals surface area contributed by atoms with Crippen LogP contribution in [0.4, 0.5) is 4.79 Å². The Morgan fingerprint density at radius 1 is 1.50 bits per heavy atom. The molecule has 0 atom stereocenters. The Morgan fingerprint density at radius 3 is 2.36 bits per heavy atom. The molecule has 1 rings (SSSR count). The van der Waals surface area contributed by atoms with Gasteiger partial charge in [-0.1, -0.05) is 0 Å². The minimum Gasteiger partial charge on any atom is -0.862 e. The van der Waals surface area contributed by atoms with Crippen LogP contribution < -0.4 is 34.7 Å². The van der Waals surface area contributed by atoms with Gasteiger partial charge in [0.1, 0.15) is 0 Å². The second-order valence-corrected chi connectivity index (χ2v) is 4.06. The first-order valence-electron chi connectivity index (χ1n) is 4.01. The summed E-state index contributed by atoms with van der Waals surface area (Å²) < 4.78 is 0. The molecule has 7 heteroatoms. The maximum Gasteiger partial charge on any atom is 1.00 e. The number of amides is 1. The average molecular weight is 242 g/mol.